The van der Waals surface area contributed by atoms with Crippen LogP contribution in [0, 0.1) is 11.8 Å². The van der Waals surface area contributed by atoms with Crippen molar-refractivity contribution in [2.75, 3.05) is 32.8 Å². The van der Waals surface area contributed by atoms with Gasteiger partial charge in [-0.05, 0) is 25.2 Å². The molecule has 0 N–H and O–H groups in total. The van der Waals surface area contributed by atoms with Gasteiger partial charge >= 0.3 is 0 Å². The van der Waals surface area contributed by atoms with E-state index in [2.05, 4.69) is 13.8 Å². The van der Waals surface area contributed by atoms with Crippen LogP contribution < -0.4 is 0 Å². The molecule has 1 atom stereocenters. The van der Waals surface area contributed by atoms with Crippen molar-refractivity contribution >= 4 is 11.8 Å². The quantitative estimate of drug-likeness (QED) is 0.780. The lowest BCUT2D eigenvalue weighted by Crippen LogP contribution is -2.50. The second-order valence-electron chi connectivity index (χ2n) is 7.38. The molecule has 0 bridgehead atoms. The van der Waals surface area contributed by atoms with Gasteiger partial charge in [0.1, 0.15) is 0 Å². The van der Waals surface area contributed by atoms with Crippen molar-refractivity contribution in [3.05, 3.63) is 0 Å². The van der Waals surface area contributed by atoms with Gasteiger partial charge in [-0.2, -0.15) is 0 Å². The molecule has 1 unspecified atom stereocenters. The Hall–Kier alpha value is -1.10. The molecule has 2 saturated heterocycles. The lowest BCUT2D eigenvalue weighted by Gasteiger charge is -2.37. The lowest BCUT2D eigenvalue weighted by molar-refractivity contribution is -0.146. The summed E-state index contributed by atoms with van der Waals surface area (Å²) in [6, 6.07) is 0. The minimum Gasteiger partial charge on any atom is -0.375 e. The number of nitrogens with zero attached hydrogens (tertiary/aromatic N) is 2. The van der Waals surface area contributed by atoms with E-state index >= 15 is 0 Å². The van der Waals surface area contributed by atoms with Crippen LogP contribution in [0.15, 0.2) is 0 Å². The molecular formula is C18H32N2O3. The number of amides is 2. The van der Waals surface area contributed by atoms with E-state index < -0.39 is 0 Å². The fraction of sp³-hybridized carbons (Fsp3) is 0.889. The number of likely N-dealkylation sites (tertiary alicyclic amines) is 1. The van der Waals surface area contributed by atoms with Crippen molar-refractivity contribution in [1.29, 1.82) is 0 Å². The summed E-state index contributed by atoms with van der Waals surface area (Å²) in [6.07, 6.45) is 5.23. The largest absolute Gasteiger partial charge is 0.375 e. The highest BCUT2D eigenvalue weighted by Gasteiger charge is 2.32. The van der Waals surface area contributed by atoms with Crippen molar-refractivity contribution < 1.29 is 14.3 Å². The van der Waals surface area contributed by atoms with E-state index in [-0.39, 0.29) is 23.8 Å². The molecule has 23 heavy (non-hydrogen) atoms. The summed E-state index contributed by atoms with van der Waals surface area (Å²) < 4.78 is 5.83. The molecule has 0 radical (unpaired) electrons. The van der Waals surface area contributed by atoms with Crippen LogP contribution in [0.5, 0.6) is 0 Å². The normalized spacial score (nSPS) is 23.4. The molecule has 2 aliphatic heterocycles. The van der Waals surface area contributed by atoms with Gasteiger partial charge in [0.25, 0.3) is 0 Å². The fourth-order valence-corrected chi connectivity index (χ4v) is 3.55. The second-order valence-corrected chi connectivity index (χ2v) is 7.38. The van der Waals surface area contributed by atoms with Gasteiger partial charge in [-0.3, -0.25) is 9.59 Å². The molecule has 2 amide bonds. The van der Waals surface area contributed by atoms with Crippen molar-refractivity contribution in [3.8, 4) is 0 Å². The Bertz CT molecular complexity index is 403. The van der Waals surface area contributed by atoms with Crippen molar-refractivity contribution in [3.63, 3.8) is 0 Å². The van der Waals surface area contributed by atoms with E-state index in [0.29, 0.717) is 26.2 Å². The van der Waals surface area contributed by atoms with Crippen molar-refractivity contribution in [2.24, 2.45) is 11.8 Å². The van der Waals surface area contributed by atoms with Gasteiger partial charge in [0.05, 0.1) is 12.7 Å². The monoisotopic (exact) mass is 324 g/mol. The second kappa shape index (κ2) is 8.67. The van der Waals surface area contributed by atoms with Crippen LogP contribution >= 0.6 is 0 Å². The van der Waals surface area contributed by atoms with Crippen molar-refractivity contribution in [1.82, 2.24) is 9.80 Å². The van der Waals surface area contributed by atoms with Gasteiger partial charge in [-0.15, -0.1) is 0 Å². The van der Waals surface area contributed by atoms with Gasteiger partial charge in [-0.1, -0.05) is 26.7 Å². The molecule has 0 aromatic heterocycles. The summed E-state index contributed by atoms with van der Waals surface area (Å²) >= 11 is 0. The molecule has 0 spiro atoms. The predicted octanol–water partition coefficient (Wildman–Crippen LogP) is 2.30. The molecule has 0 aliphatic carbocycles. The Labute approximate surface area is 140 Å². The highest BCUT2D eigenvalue weighted by molar-refractivity contribution is 5.80. The van der Waals surface area contributed by atoms with E-state index in [9.17, 15) is 9.59 Å². The van der Waals surface area contributed by atoms with Gasteiger partial charge in [0.2, 0.25) is 11.8 Å². The lowest BCUT2D eigenvalue weighted by atomic mass is 9.94. The molecule has 2 aliphatic rings. The maximum atomic E-state index is 12.7. The Morgan fingerprint density at radius 3 is 2.43 bits per heavy atom. The zero-order valence-electron chi connectivity index (χ0n) is 14.9. The van der Waals surface area contributed by atoms with Gasteiger partial charge in [0, 0.05) is 39.0 Å². The summed E-state index contributed by atoms with van der Waals surface area (Å²) in [5.74, 6) is 1.20. The maximum absolute atomic E-state index is 12.7. The number of carbonyl (C=O) groups excluding carboxylic acids is 2. The third-order valence-corrected chi connectivity index (χ3v) is 5.05. The first-order valence-electron chi connectivity index (χ1n) is 9.13. The smallest absolute Gasteiger partial charge is 0.225 e. The Morgan fingerprint density at radius 2 is 1.83 bits per heavy atom. The highest BCUT2D eigenvalue weighted by Crippen LogP contribution is 2.22. The molecule has 0 aromatic rings. The number of rotatable bonds is 5. The number of piperidine rings is 1. The Morgan fingerprint density at radius 1 is 1.13 bits per heavy atom. The van der Waals surface area contributed by atoms with E-state index in [1.807, 2.05) is 9.80 Å². The fourth-order valence-electron chi connectivity index (χ4n) is 3.55. The van der Waals surface area contributed by atoms with Crippen LogP contribution in [0.3, 0.4) is 0 Å². The molecule has 132 valence electrons. The first-order valence-corrected chi connectivity index (χ1v) is 9.13. The minimum atomic E-state index is 0.0833. The number of carbonyl (C=O) groups is 2. The minimum absolute atomic E-state index is 0.0833. The molecule has 0 saturated carbocycles. The average molecular weight is 324 g/mol. The Kier molecular flexibility index (Phi) is 6.88. The number of hydrogen-bond donors (Lipinski definition) is 0. The van der Waals surface area contributed by atoms with Crippen LogP contribution in [0.4, 0.5) is 0 Å². The maximum Gasteiger partial charge on any atom is 0.225 e. The van der Waals surface area contributed by atoms with Gasteiger partial charge < -0.3 is 14.5 Å². The van der Waals surface area contributed by atoms with E-state index in [4.69, 9.17) is 4.74 Å². The summed E-state index contributed by atoms with van der Waals surface area (Å²) in [6.45, 7) is 9.63. The van der Waals surface area contributed by atoms with Crippen LogP contribution in [0.1, 0.15) is 52.9 Å². The summed E-state index contributed by atoms with van der Waals surface area (Å²) in [5, 5.41) is 0. The molecule has 2 fully saturated rings. The third kappa shape index (κ3) is 5.48. The van der Waals surface area contributed by atoms with Crippen LogP contribution in [-0.2, 0) is 14.3 Å². The predicted molar refractivity (Wildman–Crippen MR) is 90.0 cm³/mol. The Balaban J connectivity index is 1.77. The zero-order chi connectivity index (χ0) is 16.8. The molecule has 5 heteroatoms. The first-order chi connectivity index (χ1) is 11.0. The first kappa shape index (κ1) is 18.2. The molecule has 0 aromatic carbocycles. The molecule has 5 nitrogen and oxygen atoms in total. The summed E-state index contributed by atoms with van der Waals surface area (Å²) in [7, 11) is 0. The number of morpholine rings is 1. The van der Waals surface area contributed by atoms with Crippen LogP contribution in [-0.4, -0.2) is 60.5 Å². The highest BCUT2D eigenvalue weighted by atomic mass is 16.5. The van der Waals surface area contributed by atoms with Gasteiger partial charge in [0.15, 0.2) is 0 Å². The number of hydrogen-bond acceptors (Lipinski definition) is 3. The van der Waals surface area contributed by atoms with Crippen LogP contribution in [0.25, 0.3) is 0 Å². The van der Waals surface area contributed by atoms with Crippen molar-refractivity contribution in [2.45, 2.75) is 59.0 Å². The van der Waals surface area contributed by atoms with E-state index in [0.717, 1.165) is 31.7 Å². The van der Waals surface area contributed by atoms with Crippen LogP contribution in [0.2, 0.25) is 0 Å². The molecule has 2 rings (SSSR count). The third-order valence-electron chi connectivity index (χ3n) is 5.05. The molecular weight excluding hydrogens is 292 g/mol. The summed E-state index contributed by atoms with van der Waals surface area (Å²) in [4.78, 5) is 27.9. The summed E-state index contributed by atoms with van der Waals surface area (Å²) in [5.41, 5.74) is 0. The average Bonchev–Trinajstić information content (AvgIpc) is 2.54. The topological polar surface area (TPSA) is 49.9 Å². The zero-order valence-corrected chi connectivity index (χ0v) is 14.9. The van der Waals surface area contributed by atoms with E-state index in [1.54, 1.807) is 6.92 Å². The number of ether oxygens (including phenoxy) is 1. The standard InChI is InChI=1S/C18H32N2O3/c1-14(2)5-4-6-17-13-20(11-12-23-17)18(22)16-7-9-19(10-8-16)15(3)21/h14,16-17H,4-13H2,1-3H3. The molecule has 2 heterocycles. The van der Waals surface area contributed by atoms with E-state index in [1.165, 1.54) is 12.8 Å². The SMILES string of the molecule is CC(=O)N1CCC(C(=O)N2CCOC(CCCC(C)C)C2)CC1. The van der Waals surface area contributed by atoms with Gasteiger partial charge in [-0.25, -0.2) is 0 Å².